The Bertz CT molecular complexity index is 1520. The van der Waals surface area contributed by atoms with E-state index in [0.717, 1.165) is 46.7 Å². The van der Waals surface area contributed by atoms with Crippen molar-refractivity contribution in [2.45, 2.75) is 13.8 Å². The van der Waals surface area contributed by atoms with Crippen LogP contribution in [0.1, 0.15) is 23.9 Å². The molecular weight excluding hydrogens is 456 g/mol. The lowest BCUT2D eigenvalue weighted by atomic mass is 10.1. The number of rotatable bonds is 4. The number of allylic oxidation sites excluding steroid dienone is 1. The second-order valence-corrected chi connectivity index (χ2v) is 8.11. The molecule has 4 aromatic rings. The molecule has 1 aliphatic rings. The van der Waals surface area contributed by atoms with Gasteiger partial charge in [0.05, 0.1) is 18.5 Å². The summed E-state index contributed by atoms with van der Waals surface area (Å²) in [5.41, 5.74) is 5.64. The van der Waals surface area contributed by atoms with E-state index < -0.39 is 5.97 Å². The van der Waals surface area contributed by atoms with E-state index in [1.807, 2.05) is 104 Å². The third-order valence-corrected chi connectivity index (χ3v) is 5.80. The highest BCUT2D eigenvalue weighted by Gasteiger charge is 2.30. The van der Waals surface area contributed by atoms with Crippen molar-refractivity contribution >= 4 is 23.1 Å². The Morgan fingerprint density at radius 2 is 1.64 bits per heavy atom. The topological polar surface area (TPSA) is 92.5 Å². The predicted octanol–water partition coefficient (Wildman–Crippen LogP) is 2.56. The van der Waals surface area contributed by atoms with E-state index in [-0.39, 0.29) is 5.56 Å². The van der Waals surface area contributed by atoms with Crippen molar-refractivity contribution < 1.29 is 19.2 Å². The number of benzene rings is 2. The van der Waals surface area contributed by atoms with Gasteiger partial charge in [0.15, 0.2) is 11.9 Å². The fourth-order valence-electron chi connectivity index (χ4n) is 4.01. The van der Waals surface area contributed by atoms with Crippen LogP contribution in [0.2, 0.25) is 0 Å². The molecule has 0 amide bonds. The highest BCUT2D eigenvalue weighted by molar-refractivity contribution is 6.13. The number of hydrogen-bond donors (Lipinski definition) is 0. The third kappa shape index (κ3) is 4.74. The number of para-hydroxylation sites is 1. The van der Waals surface area contributed by atoms with Gasteiger partial charge in [-0.15, -0.1) is 0 Å². The van der Waals surface area contributed by atoms with E-state index in [1.54, 1.807) is 11.8 Å². The molecule has 5 rings (SSSR count). The summed E-state index contributed by atoms with van der Waals surface area (Å²) in [5.74, 6) is -0.277. The standard InChI is InChI=1S/C26H23N4O2.C2H4O2/c1-18-25(26(31)30(28(18)2)20-9-5-4-6-10-20)27-22-17-24(29-16-8-7-11-23(22)29)19-12-14-21(32-3)15-13-19;1-2(3)4/h4-17H,1-3H3;1H3,(H,3,4)/q+1;/p-1. The van der Waals surface area contributed by atoms with E-state index in [1.165, 1.54) is 0 Å². The van der Waals surface area contributed by atoms with E-state index >= 15 is 0 Å². The fourth-order valence-corrected chi connectivity index (χ4v) is 4.01. The summed E-state index contributed by atoms with van der Waals surface area (Å²) in [7, 11) is 3.53. The van der Waals surface area contributed by atoms with Gasteiger partial charge in [0.1, 0.15) is 11.5 Å². The van der Waals surface area contributed by atoms with Crippen LogP contribution in [0.15, 0.2) is 94.9 Å². The van der Waals surface area contributed by atoms with Crippen molar-refractivity contribution in [3.05, 3.63) is 112 Å². The maximum atomic E-state index is 13.3. The molecule has 0 atom stereocenters. The molecule has 0 fully saturated rings. The Morgan fingerprint density at radius 1 is 1.00 bits per heavy atom. The van der Waals surface area contributed by atoms with Crippen molar-refractivity contribution in [3.63, 3.8) is 0 Å². The van der Waals surface area contributed by atoms with Crippen molar-refractivity contribution in [2.24, 2.45) is 12.0 Å². The number of ether oxygens (including phenoxy) is 1. The van der Waals surface area contributed by atoms with E-state index in [0.29, 0.717) is 5.69 Å². The van der Waals surface area contributed by atoms with Crippen LogP contribution >= 0.6 is 0 Å². The van der Waals surface area contributed by atoms with Gasteiger partial charge in [0.2, 0.25) is 11.4 Å². The smallest absolute Gasteiger partial charge is 0.297 e. The fraction of sp³-hybridized carbons (Fsp3) is 0.143. The Hall–Kier alpha value is -4.72. The summed E-state index contributed by atoms with van der Waals surface area (Å²) in [6, 6.07) is 23.5. The summed E-state index contributed by atoms with van der Waals surface area (Å²) >= 11 is 0. The van der Waals surface area contributed by atoms with Crippen LogP contribution in [-0.4, -0.2) is 28.2 Å². The third-order valence-electron chi connectivity index (χ3n) is 5.80. The van der Waals surface area contributed by atoms with E-state index in [9.17, 15) is 4.79 Å². The number of methoxy groups -OCH3 is 1. The predicted molar refractivity (Wildman–Crippen MR) is 136 cm³/mol. The number of pyridine rings is 1. The Kier molecular flexibility index (Phi) is 6.96. The average molecular weight is 483 g/mol. The van der Waals surface area contributed by atoms with Gasteiger partial charge < -0.3 is 14.6 Å². The lowest BCUT2D eigenvalue weighted by Gasteiger charge is -2.07. The van der Waals surface area contributed by atoms with Crippen molar-refractivity contribution in [1.29, 1.82) is 0 Å². The van der Waals surface area contributed by atoms with Crippen molar-refractivity contribution in [2.75, 3.05) is 7.11 Å². The van der Waals surface area contributed by atoms with Crippen LogP contribution in [0.4, 0.5) is 5.69 Å². The first-order valence-corrected chi connectivity index (χ1v) is 11.3. The van der Waals surface area contributed by atoms with Crippen molar-refractivity contribution in [1.82, 2.24) is 9.36 Å². The number of carbonyl (C=O) groups is 1. The molecule has 8 heteroatoms. The second kappa shape index (κ2) is 10.3. The number of aliphatic imine (C=N–C) groups is 1. The molecule has 0 saturated heterocycles. The summed E-state index contributed by atoms with van der Waals surface area (Å²) in [6.45, 7) is 2.89. The summed E-state index contributed by atoms with van der Waals surface area (Å²) in [5, 5.41) is 8.89. The van der Waals surface area contributed by atoms with Gasteiger partial charge >= 0.3 is 0 Å². The number of carboxylic acids is 1. The molecule has 182 valence electrons. The van der Waals surface area contributed by atoms with Gasteiger partial charge in [-0.2, -0.15) is 4.57 Å². The first-order chi connectivity index (χ1) is 17.3. The average Bonchev–Trinajstić information content (AvgIpc) is 3.35. The maximum Gasteiger partial charge on any atom is 0.297 e. The van der Waals surface area contributed by atoms with Gasteiger partial charge in [-0.3, -0.25) is 9.48 Å². The van der Waals surface area contributed by atoms with Crippen molar-refractivity contribution in [3.8, 4) is 11.4 Å². The summed E-state index contributed by atoms with van der Waals surface area (Å²) in [4.78, 5) is 27.1. The Labute approximate surface area is 208 Å². The van der Waals surface area contributed by atoms with Gasteiger partial charge in [-0.05, 0) is 56.3 Å². The van der Waals surface area contributed by atoms with Gasteiger partial charge in [-0.1, -0.05) is 18.2 Å². The lowest BCUT2D eigenvalue weighted by molar-refractivity contribution is -0.577. The summed E-state index contributed by atoms with van der Waals surface area (Å²) in [6.07, 6.45) is 4.03. The zero-order valence-corrected chi connectivity index (χ0v) is 20.5. The van der Waals surface area contributed by atoms with Crippen LogP contribution in [-0.2, 0) is 11.8 Å². The lowest BCUT2D eigenvalue weighted by Crippen LogP contribution is -2.34. The largest absolute Gasteiger partial charge is 0.550 e. The van der Waals surface area contributed by atoms with E-state index in [4.69, 9.17) is 19.6 Å². The molecular formula is C28H26N4O4. The van der Waals surface area contributed by atoms with Crippen LogP contribution in [0.5, 0.6) is 5.75 Å². The van der Waals surface area contributed by atoms with Crippen LogP contribution in [0.25, 0.3) is 11.4 Å². The normalized spacial score (nSPS) is 13.0. The monoisotopic (exact) mass is 482 g/mol. The molecule has 0 bridgehead atoms. The van der Waals surface area contributed by atoms with Gasteiger partial charge in [0.25, 0.3) is 5.56 Å². The number of aromatic nitrogens is 3. The molecule has 0 N–H and O–H groups in total. The molecule has 8 nitrogen and oxygen atoms in total. The minimum atomic E-state index is -1.08. The molecule has 0 spiro atoms. The molecule has 0 radical (unpaired) electrons. The van der Waals surface area contributed by atoms with Gasteiger partial charge in [-0.25, -0.2) is 9.67 Å². The van der Waals surface area contributed by atoms with E-state index in [2.05, 4.69) is 4.57 Å². The Morgan fingerprint density at radius 3 is 2.28 bits per heavy atom. The zero-order valence-electron chi connectivity index (χ0n) is 20.5. The number of carbonyl (C=O) groups excluding carboxylic acids is 1. The first-order valence-electron chi connectivity index (χ1n) is 11.3. The molecule has 0 aliphatic carbocycles. The molecule has 2 aromatic heterocycles. The maximum absolute atomic E-state index is 13.3. The highest BCUT2D eigenvalue weighted by atomic mass is 16.5. The number of aliphatic carboxylic acids is 1. The minimum absolute atomic E-state index is 0.141. The number of nitrogens with zero attached hydrogens (tertiary/aromatic N) is 4. The molecule has 1 aliphatic heterocycles. The number of hydrogen-bond acceptors (Lipinski definition) is 5. The quantitative estimate of drug-likeness (QED) is 0.418. The highest BCUT2D eigenvalue weighted by Crippen LogP contribution is 2.24. The zero-order chi connectivity index (χ0) is 25.8. The van der Waals surface area contributed by atoms with Gasteiger partial charge in [0, 0.05) is 36.8 Å². The first kappa shape index (κ1) is 24.4. The molecule has 36 heavy (non-hydrogen) atoms. The number of fused-ring (bicyclic) bond motifs is 1. The Balaban J connectivity index is 0.000000709. The molecule has 3 heterocycles. The second-order valence-electron chi connectivity index (χ2n) is 8.11. The number of carboxylic acid groups (broad SMARTS) is 1. The summed E-state index contributed by atoms with van der Waals surface area (Å²) < 4.78 is 10.9. The van der Waals surface area contributed by atoms with Crippen LogP contribution in [0, 0.1) is 6.92 Å². The molecule has 2 aromatic carbocycles. The van der Waals surface area contributed by atoms with Crippen LogP contribution in [0.3, 0.4) is 0 Å². The molecule has 0 saturated carbocycles. The van der Waals surface area contributed by atoms with Crippen LogP contribution < -0.4 is 20.0 Å². The molecule has 0 unspecified atom stereocenters. The minimum Gasteiger partial charge on any atom is -0.550 e. The SMILES string of the molecule is CC(=O)[O-].COc1ccc(C2=C/C(=N\c3c(C)n(C)n(-c4ccccc4)c3=O)c3cccc[n+]32)cc1.